The number of anilines is 1. The number of carbonyl (C=O) groups excluding carboxylic acids is 3. The molecule has 1 aromatic rings. The molecule has 1 aromatic carbocycles. The van der Waals surface area contributed by atoms with E-state index in [2.05, 4.69) is 28.6 Å². The first-order valence-electron chi connectivity index (χ1n) is 6.71. The van der Waals surface area contributed by atoms with Crippen molar-refractivity contribution in [2.24, 2.45) is 11.8 Å². The summed E-state index contributed by atoms with van der Waals surface area (Å²) in [6.07, 6.45) is 0. The van der Waals surface area contributed by atoms with E-state index in [4.69, 9.17) is 0 Å². The van der Waals surface area contributed by atoms with Crippen LogP contribution in [0.15, 0.2) is 24.3 Å². The summed E-state index contributed by atoms with van der Waals surface area (Å²) in [6.45, 7) is 1.81. The molecule has 1 heterocycles. The highest BCUT2D eigenvalue weighted by atomic mass is 32.1. The van der Waals surface area contributed by atoms with Gasteiger partial charge in [0.25, 0.3) is 5.91 Å². The van der Waals surface area contributed by atoms with E-state index in [1.54, 1.807) is 6.92 Å². The Bertz CT molecular complexity index is 594. The van der Waals surface area contributed by atoms with Gasteiger partial charge in [0.1, 0.15) is 11.2 Å². The van der Waals surface area contributed by atoms with E-state index in [0.29, 0.717) is 5.69 Å². The van der Waals surface area contributed by atoms with Crippen molar-refractivity contribution in [3.05, 3.63) is 30.1 Å². The minimum Gasteiger partial charge on any atom is -0.324 e. The first kappa shape index (κ1) is 16.4. The zero-order chi connectivity index (χ0) is 16.3. The number of thiol groups is 1. The Morgan fingerprint density at radius 1 is 1.32 bits per heavy atom. The van der Waals surface area contributed by atoms with Crippen LogP contribution in [0.5, 0.6) is 0 Å². The van der Waals surface area contributed by atoms with Crippen LogP contribution in [-0.4, -0.2) is 29.6 Å². The second kappa shape index (κ2) is 6.89. The third-order valence-electron chi connectivity index (χ3n) is 3.49. The summed E-state index contributed by atoms with van der Waals surface area (Å²) in [7, 11) is 0. The molecule has 3 atom stereocenters. The predicted octanol–water partition coefficient (Wildman–Crippen LogP) is 0.518. The molecule has 1 aliphatic rings. The Kier molecular flexibility index (Phi) is 5.15. The van der Waals surface area contributed by atoms with Gasteiger partial charge in [-0.3, -0.25) is 25.0 Å². The molecule has 6 nitrogen and oxygen atoms in total. The maximum Gasteiger partial charge on any atom is 0.251 e. The van der Waals surface area contributed by atoms with Crippen LogP contribution < -0.4 is 16.0 Å². The molecular weight excluding hydrogens is 309 g/mol. The lowest BCUT2D eigenvalue weighted by Crippen LogP contribution is -2.41. The SMILES string of the molecule is C[C@@H]1C(=O)NC(=O)[C@@H]1CN[C@H](S)C(=O)Nc1ccc(F)cc1. The van der Waals surface area contributed by atoms with Crippen LogP contribution in [-0.2, 0) is 14.4 Å². The van der Waals surface area contributed by atoms with Crippen molar-refractivity contribution in [1.29, 1.82) is 0 Å². The van der Waals surface area contributed by atoms with Gasteiger partial charge in [-0.15, -0.1) is 0 Å². The van der Waals surface area contributed by atoms with E-state index in [1.165, 1.54) is 24.3 Å². The van der Waals surface area contributed by atoms with E-state index in [0.717, 1.165) is 0 Å². The summed E-state index contributed by atoms with van der Waals surface area (Å²) in [5.74, 6) is -2.48. The Morgan fingerprint density at radius 2 is 1.95 bits per heavy atom. The zero-order valence-electron chi connectivity index (χ0n) is 11.8. The van der Waals surface area contributed by atoms with Gasteiger partial charge in [-0.25, -0.2) is 4.39 Å². The Balaban J connectivity index is 1.85. The molecule has 0 unspecified atom stereocenters. The number of benzene rings is 1. The Morgan fingerprint density at radius 3 is 2.50 bits per heavy atom. The molecular formula is C14H16FN3O3S. The van der Waals surface area contributed by atoms with Gasteiger partial charge in [-0.05, 0) is 24.3 Å². The average Bonchev–Trinajstić information content (AvgIpc) is 2.72. The standard InChI is InChI=1S/C14H16FN3O3S/c1-7-10(12(20)18-11(7)19)6-16-14(22)13(21)17-9-4-2-8(15)3-5-9/h2-5,7,10,14,16,22H,6H2,1H3,(H,17,21)(H,18,19,20)/t7-,10+,14+/m0/s1. The van der Waals surface area contributed by atoms with Gasteiger partial charge in [-0.2, -0.15) is 12.6 Å². The number of imide groups is 1. The monoisotopic (exact) mass is 325 g/mol. The van der Waals surface area contributed by atoms with Crippen molar-refractivity contribution in [2.45, 2.75) is 12.3 Å². The first-order valence-corrected chi connectivity index (χ1v) is 7.22. The van der Waals surface area contributed by atoms with Gasteiger partial charge in [-0.1, -0.05) is 6.92 Å². The van der Waals surface area contributed by atoms with Gasteiger partial charge in [0.15, 0.2) is 0 Å². The largest absolute Gasteiger partial charge is 0.324 e. The predicted molar refractivity (Wildman–Crippen MR) is 81.6 cm³/mol. The van der Waals surface area contributed by atoms with Gasteiger partial charge >= 0.3 is 0 Å². The first-order chi connectivity index (χ1) is 10.4. The summed E-state index contributed by atoms with van der Waals surface area (Å²) < 4.78 is 12.8. The van der Waals surface area contributed by atoms with Crippen LogP contribution in [0.3, 0.4) is 0 Å². The Hall–Kier alpha value is -1.93. The number of carbonyl (C=O) groups is 3. The Labute approximate surface area is 132 Å². The fourth-order valence-electron chi connectivity index (χ4n) is 2.08. The molecule has 0 bridgehead atoms. The van der Waals surface area contributed by atoms with E-state index >= 15 is 0 Å². The molecule has 0 spiro atoms. The van der Waals surface area contributed by atoms with Crippen molar-refractivity contribution in [3.63, 3.8) is 0 Å². The lowest BCUT2D eigenvalue weighted by Gasteiger charge is -2.17. The molecule has 1 fully saturated rings. The number of hydrogen-bond acceptors (Lipinski definition) is 5. The van der Waals surface area contributed by atoms with Crippen molar-refractivity contribution in [2.75, 3.05) is 11.9 Å². The summed E-state index contributed by atoms with van der Waals surface area (Å²) in [5.41, 5.74) is 0.439. The maximum absolute atomic E-state index is 12.8. The van der Waals surface area contributed by atoms with Crippen molar-refractivity contribution in [3.8, 4) is 0 Å². The quantitative estimate of drug-likeness (QED) is 0.361. The minimum atomic E-state index is -0.860. The molecule has 0 saturated carbocycles. The number of halogens is 1. The molecule has 1 aliphatic heterocycles. The van der Waals surface area contributed by atoms with Crippen molar-refractivity contribution >= 4 is 36.0 Å². The van der Waals surface area contributed by atoms with Crippen molar-refractivity contribution < 1.29 is 18.8 Å². The summed E-state index contributed by atoms with van der Waals surface area (Å²) in [6, 6.07) is 5.32. The molecule has 2 rings (SSSR count). The number of amides is 3. The molecule has 3 N–H and O–H groups in total. The van der Waals surface area contributed by atoms with Crippen LogP contribution in [0.2, 0.25) is 0 Å². The topological polar surface area (TPSA) is 87.3 Å². The van der Waals surface area contributed by atoms with Crippen molar-refractivity contribution in [1.82, 2.24) is 10.6 Å². The van der Waals surface area contributed by atoms with Gasteiger partial charge in [0.2, 0.25) is 11.8 Å². The van der Waals surface area contributed by atoms with Crippen LogP contribution in [0.1, 0.15) is 6.92 Å². The second-order valence-electron chi connectivity index (χ2n) is 5.06. The molecule has 8 heteroatoms. The third kappa shape index (κ3) is 3.83. The molecule has 0 aromatic heterocycles. The molecule has 0 aliphatic carbocycles. The fraction of sp³-hybridized carbons (Fsp3) is 0.357. The highest BCUT2D eigenvalue weighted by molar-refractivity contribution is 7.81. The second-order valence-corrected chi connectivity index (χ2v) is 5.57. The number of hydrogen-bond donors (Lipinski definition) is 4. The van der Waals surface area contributed by atoms with Gasteiger partial charge < -0.3 is 5.32 Å². The van der Waals surface area contributed by atoms with E-state index in [1.807, 2.05) is 0 Å². The third-order valence-corrected chi connectivity index (χ3v) is 3.91. The van der Waals surface area contributed by atoms with Crippen LogP contribution >= 0.6 is 12.6 Å². The summed E-state index contributed by atoms with van der Waals surface area (Å²) in [5, 5.41) is 6.74. The number of rotatable bonds is 5. The molecule has 22 heavy (non-hydrogen) atoms. The highest BCUT2D eigenvalue weighted by Gasteiger charge is 2.38. The molecule has 0 radical (unpaired) electrons. The van der Waals surface area contributed by atoms with Crippen LogP contribution in [0, 0.1) is 17.7 Å². The fourth-order valence-corrected chi connectivity index (χ4v) is 2.25. The smallest absolute Gasteiger partial charge is 0.251 e. The molecule has 1 saturated heterocycles. The van der Waals surface area contributed by atoms with E-state index in [-0.39, 0.29) is 18.4 Å². The van der Waals surface area contributed by atoms with E-state index < -0.39 is 28.9 Å². The molecule has 3 amide bonds. The molecule has 118 valence electrons. The van der Waals surface area contributed by atoms with Gasteiger partial charge in [0, 0.05) is 18.2 Å². The highest BCUT2D eigenvalue weighted by Crippen LogP contribution is 2.18. The van der Waals surface area contributed by atoms with Crippen LogP contribution in [0.25, 0.3) is 0 Å². The lowest BCUT2D eigenvalue weighted by atomic mass is 9.97. The van der Waals surface area contributed by atoms with Crippen LogP contribution in [0.4, 0.5) is 10.1 Å². The zero-order valence-corrected chi connectivity index (χ0v) is 12.7. The van der Waals surface area contributed by atoms with E-state index in [9.17, 15) is 18.8 Å². The summed E-state index contributed by atoms with van der Waals surface area (Å²) in [4.78, 5) is 34.8. The minimum absolute atomic E-state index is 0.156. The maximum atomic E-state index is 12.8. The average molecular weight is 325 g/mol. The normalized spacial score (nSPS) is 22.3. The van der Waals surface area contributed by atoms with Gasteiger partial charge in [0.05, 0.1) is 5.92 Å². The summed E-state index contributed by atoms with van der Waals surface area (Å²) >= 11 is 4.12. The lowest BCUT2D eigenvalue weighted by molar-refractivity contribution is -0.126. The number of nitrogens with one attached hydrogen (secondary N) is 3.